The molecule has 150 valence electrons. The number of benzene rings is 3. The Labute approximate surface area is 172 Å². The Morgan fingerprint density at radius 1 is 0.897 bits per heavy atom. The maximum Gasteiger partial charge on any atom is 0.238 e. The molecule has 0 radical (unpaired) electrons. The Balaban J connectivity index is 1.36. The maximum atomic E-state index is 12.2. The first-order valence-corrected chi connectivity index (χ1v) is 10.1. The second-order valence-electron chi connectivity index (χ2n) is 7.02. The van der Waals surface area contributed by atoms with E-state index in [4.69, 9.17) is 4.74 Å². The van der Waals surface area contributed by atoms with Gasteiger partial charge in [0.25, 0.3) is 0 Å². The van der Waals surface area contributed by atoms with Crippen molar-refractivity contribution in [3.8, 4) is 5.75 Å². The molecule has 29 heavy (non-hydrogen) atoms. The third kappa shape index (κ3) is 7.09. The van der Waals surface area contributed by atoms with Crippen LogP contribution in [-0.2, 0) is 11.2 Å². The fourth-order valence-corrected chi connectivity index (χ4v) is 3.06. The van der Waals surface area contributed by atoms with E-state index in [2.05, 4.69) is 34.9 Å². The highest BCUT2D eigenvalue weighted by atomic mass is 16.5. The van der Waals surface area contributed by atoms with E-state index in [9.17, 15) is 4.79 Å². The molecule has 0 aliphatic carbocycles. The maximum absolute atomic E-state index is 12.2. The predicted molar refractivity (Wildman–Crippen MR) is 118 cm³/mol. The normalized spacial score (nSPS) is 11.6. The molecule has 3 aromatic carbocycles. The summed E-state index contributed by atoms with van der Waals surface area (Å²) in [6.07, 6.45) is 1.97. The molecule has 1 amide bonds. The van der Waals surface area contributed by atoms with Gasteiger partial charge in [-0.1, -0.05) is 60.7 Å². The zero-order chi connectivity index (χ0) is 20.3. The molecule has 4 heteroatoms. The summed E-state index contributed by atoms with van der Waals surface area (Å²) in [6.45, 7) is 2.97. The summed E-state index contributed by atoms with van der Waals surface area (Å²) in [6, 6.07) is 28.1. The number of carbonyl (C=O) groups excluding carboxylic acids is 1. The molecule has 0 aromatic heterocycles. The zero-order valence-corrected chi connectivity index (χ0v) is 16.8. The number of ether oxygens (including phenoxy) is 1. The predicted octanol–water partition coefficient (Wildman–Crippen LogP) is 4.99. The van der Waals surface area contributed by atoms with Gasteiger partial charge in [0.05, 0.1) is 13.2 Å². The molecule has 0 saturated heterocycles. The zero-order valence-electron chi connectivity index (χ0n) is 16.8. The third-order valence-corrected chi connectivity index (χ3v) is 4.73. The Morgan fingerprint density at radius 2 is 1.55 bits per heavy atom. The fraction of sp³-hybridized carbons (Fsp3) is 0.240. The molecule has 0 saturated carbocycles. The second-order valence-corrected chi connectivity index (χ2v) is 7.02. The number of rotatable bonds is 10. The Bertz CT molecular complexity index is 864. The van der Waals surface area contributed by atoms with E-state index in [0.29, 0.717) is 6.61 Å². The Morgan fingerprint density at radius 3 is 2.24 bits per heavy atom. The van der Waals surface area contributed by atoms with Crippen molar-refractivity contribution in [2.75, 3.05) is 18.5 Å². The molecule has 0 spiro atoms. The minimum Gasteiger partial charge on any atom is -0.494 e. The van der Waals surface area contributed by atoms with Gasteiger partial charge in [-0.2, -0.15) is 0 Å². The molecule has 3 aromatic rings. The van der Waals surface area contributed by atoms with Crippen LogP contribution in [-0.4, -0.2) is 19.1 Å². The summed E-state index contributed by atoms with van der Waals surface area (Å²) < 4.78 is 5.79. The smallest absolute Gasteiger partial charge is 0.238 e. The quantitative estimate of drug-likeness (QED) is 0.481. The summed E-state index contributed by atoms with van der Waals surface area (Å²) in [5, 5.41) is 6.15. The van der Waals surface area contributed by atoms with Crippen molar-refractivity contribution in [1.82, 2.24) is 5.32 Å². The average Bonchev–Trinajstić information content (AvgIpc) is 2.77. The van der Waals surface area contributed by atoms with Gasteiger partial charge in [-0.15, -0.1) is 0 Å². The van der Waals surface area contributed by atoms with Crippen LogP contribution < -0.4 is 15.4 Å². The number of anilines is 1. The SMILES string of the molecule is CC(NCC(=O)Nc1ccc(OCCCc2ccccc2)cc1)c1ccccc1. The summed E-state index contributed by atoms with van der Waals surface area (Å²) in [7, 11) is 0. The van der Waals surface area contributed by atoms with Gasteiger partial charge in [-0.25, -0.2) is 0 Å². The molecule has 0 heterocycles. The first kappa shape index (κ1) is 20.6. The van der Waals surface area contributed by atoms with Crippen LogP contribution >= 0.6 is 0 Å². The van der Waals surface area contributed by atoms with Gasteiger partial charge in [-0.05, 0) is 55.2 Å². The molecule has 0 bridgehead atoms. The standard InChI is InChI=1S/C25H28N2O2/c1-20(22-12-6-3-7-13-22)26-19-25(28)27-23-14-16-24(17-15-23)29-18-8-11-21-9-4-2-5-10-21/h2-7,9-10,12-17,20,26H,8,11,18-19H2,1H3,(H,27,28). The van der Waals surface area contributed by atoms with E-state index >= 15 is 0 Å². The number of hydrogen-bond donors (Lipinski definition) is 2. The van der Waals surface area contributed by atoms with E-state index in [1.165, 1.54) is 5.56 Å². The van der Waals surface area contributed by atoms with Crippen molar-refractivity contribution < 1.29 is 9.53 Å². The lowest BCUT2D eigenvalue weighted by atomic mass is 10.1. The lowest BCUT2D eigenvalue weighted by Gasteiger charge is -2.14. The Kier molecular flexibility index (Phi) is 7.84. The van der Waals surface area contributed by atoms with E-state index in [-0.39, 0.29) is 18.5 Å². The molecular formula is C25H28N2O2. The van der Waals surface area contributed by atoms with Crippen LogP contribution in [0.2, 0.25) is 0 Å². The summed E-state index contributed by atoms with van der Waals surface area (Å²) in [5.74, 6) is 0.746. The van der Waals surface area contributed by atoms with Gasteiger partial charge >= 0.3 is 0 Å². The van der Waals surface area contributed by atoms with Crippen LogP contribution in [0.4, 0.5) is 5.69 Å². The van der Waals surface area contributed by atoms with E-state index in [0.717, 1.165) is 29.8 Å². The van der Waals surface area contributed by atoms with Crippen molar-refractivity contribution in [2.24, 2.45) is 0 Å². The number of nitrogens with one attached hydrogen (secondary N) is 2. The lowest BCUT2D eigenvalue weighted by Crippen LogP contribution is -2.30. The fourth-order valence-electron chi connectivity index (χ4n) is 3.06. The largest absolute Gasteiger partial charge is 0.494 e. The summed E-state index contributed by atoms with van der Waals surface area (Å²) in [5.41, 5.74) is 3.25. The minimum absolute atomic E-state index is 0.0655. The van der Waals surface area contributed by atoms with Crippen LogP contribution in [0.5, 0.6) is 5.75 Å². The molecule has 4 nitrogen and oxygen atoms in total. The molecular weight excluding hydrogens is 360 g/mol. The lowest BCUT2D eigenvalue weighted by molar-refractivity contribution is -0.115. The molecule has 0 aliphatic heterocycles. The highest BCUT2D eigenvalue weighted by Gasteiger charge is 2.07. The molecule has 2 N–H and O–H groups in total. The first-order valence-electron chi connectivity index (χ1n) is 10.1. The van der Waals surface area contributed by atoms with Gasteiger partial charge in [0.1, 0.15) is 5.75 Å². The average molecular weight is 389 g/mol. The highest BCUT2D eigenvalue weighted by Crippen LogP contribution is 2.16. The Hall–Kier alpha value is -3.11. The van der Waals surface area contributed by atoms with Crippen LogP contribution in [0.3, 0.4) is 0 Å². The number of amides is 1. The molecule has 3 rings (SSSR count). The van der Waals surface area contributed by atoms with Gasteiger partial charge in [0.15, 0.2) is 0 Å². The third-order valence-electron chi connectivity index (χ3n) is 4.73. The van der Waals surface area contributed by atoms with E-state index in [1.807, 2.05) is 67.6 Å². The molecule has 0 aliphatic rings. The number of hydrogen-bond acceptors (Lipinski definition) is 3. The number of aryl methyl sites for hydroxylation is 1. The van der Waals surface area contributed by atoms with Gasteiger partial charge in [-0.3, -0.25) is 4.79 Å². The summed E-state index contributed by atoms with van der Waals surface area (Å²) in [4.78, 5) is 12.2. The van der Waals surface area contributed by atoms with Crippen LogP contribution in [0, 0.1) is 0 Å². The van der Waals surface area contributed by atoms with Crippen molar-refractivity contribution in [3.63, 3.8) is 0 Å². The van der Waals surface area contributed by atoms with E-state index in [1.54, 1.807) is 0 Å². The topological polar surface area (TPSA) is 50.4 Å². The molecule has 0 fully saturated rings. The van der Waals surface area contributed by atoms with Crippen molar-refractivity contribution >= 4 is 11.6 Å². The first-order chi connectivity index (χ1) is 14.2. The minimum atomic E-state index is -0.0655. The van der Waals surface area contributed by atoms with Crippen LogP contribution in [0.15, 0.2) is 84.9 Å². The van der Waals surface area contributed by atoms with Crippen molar-refractivity contribution in [1.29, 1.82) is 0 Å². The van der Waals surface area contributed by atoms with Crippen LogP contribution in [0.1, 0.15) is 30.5 Å². The van der Waals surface area contributed by atoms with E-state index < -0.39 is 0 Å². The highest BCUT2D eigenvalue weighted by molar-refractivity contribution is 5.92. The molecule has 1 unspecified atom stereocenters. The summed E-state index contributed by atoms with van der Waals surface area (Å²) >= 11 is 0. The van der Waals surface area contributed by atoms with Crippen molar-refractivity contribution in [3.05, 3.63) is 96.1 Å². The number of carbonyl (C=O) groups is 1. The monoisotopic (exact) mass is 388 g/mol. The van der Waals surface area contributed by atoms with Gasteiger partial charge in [0, 0.05) is 11.7 Å². The molecule has 1 atom stereocenters. The van der Waals surface area contributed by atoms with Gasteiger partial charge in [0.2, 0.25) is 5.91 Å². The van der Waals surface area contributed by atoms with Crippen molar-refractivity contribution in [2.45, 2.75) is 25.8 Å². The second kappa shape index (κ2) is 11.0. The van der Waals surface area contributed by atoms with Crippen LogP contribution in [0.25, 0.3) is 0 Å². The van der Waals surface area contributed by atoms with Gasteiger partial charge < -0.3 is 15.4 Å².